The van der Waals surface area contributed by atoms with E-state index in [9.17, 15) is 17.9 Å². The first-order valence-corrected chi connectivity index (χ1v) is 8.68. The van der Waals surface area contributed by atoms with Gasteiger partial charge in [0.2, 0.25) is 11.5 Å². The highest BCUT2D eigenvalue weighted by Crippen LogP contribution is 2.27. The molecule has 1 N–H and O–H groups in total. The van der Waals surface area contributed by atoms with Gasteiger partial charge >= 0.3 is 5.76 Å². The van der Waals surface area contributed by atoms with E-state index in [1.54, 1.807) is 6.92 Å². The van der Waals surface area contributed by atoms with Crippen LogP contribution in [0.15, 0.2) is 32.1 Å². The summed E-state index contributed by atoms with van der Waals surface area (Å²) in [5, 5.41) is 10.6. The Morgan fingerprint density at radius 1 is 1.44 bits per heavy atom. The summed E-state index contributed by atoms with van der Waals surface area (Å²) in [6.07, 6.45) is -0.652. The van der Waals surface area contributed by atoms with Crippen LogP contribution in [0.25, 0.3) is 17.2 Å². The Hall–Kier alpha value is -2.61. The van der Waals surface area contributed by atoms with Crippen LogP contribution in [0.4, 0.5) is 4.39 Å². The van der Waals surface area contributed by atoms with Crippen molar-refractivity contribution in [2.75, 3.05) is 6.54 Å². The van der Waals surface area contributed by atoms with Crippen molar-refractivity contribution >= 4 is 22.9 Å². The topological polar surface area (TPSA) is 148 Å². The lowest BCUT2D eigenvalue weighted by atomic mass is 10.3. The molecule has 0 spiro atoms. The maximum atomic E-state index is 13.4. The molecule has 0 radical (unpaired) electrons. The van der Waals surface area contributed by atoms with Gasteiger partial charge in [0.05, 0.1) is 10.7 Å². The minimum absolute atomic E-state index is 0.0540. The summed E-state index contributed by atoms with van der Waals surface area (Å²) in [5.74, 6) is -1.85. The first-order valence-electron chi connectivity index (χ1n) is 7.23. The smallest absolute Gasteiger partial charge is 0.446 e. The van der Waals surface area contributed by atoms with Gasteiger partial charge in [-0.15, -0.1) is 0 Å². The summed E-state index contributed by atoms with van der Waals surface area (Å²) in [4.78, 5) is 12.0. The van der Waals surface area contributed by atoms with E-state index >= 15 is 0 Å². The monoisotopic (exact) mass is 418 g/mol. The van der Waals surface area contributed by atoms with Crippen LogP contribution in [0.1, 0.15) is 6.92 Å². The molecule has 2 aromatic heterocycles. The highest BCUT2D eigenvalue weighted by molar-refractivity contribution is 7.77. The van der Waals surface area contributed by atoms with E-state index in [-0.39, 0.29) is 34.7 Å². The Balaban J connectivity index is 1.95. The lowest BCUT2D eigenvalue weighted by Crippen LogP contribution is -2.30. The van der Waals surface area contributed by atoms with Crippen molar-refractivity contribution in [3.8, 4) is 23.1 Å². The molecule has 0 fully saturated rings. The second-order valence-electron chi connectivity index (χ2n) is 5.14. The van der Waals surface area contributed by atoms with Gasteiger partial charge in [0, 0.05) is 17.8 Å². The molecule has 11 nitrogen and oxygen atoms in total. The third-order valence-corrected chi connectivity index (χ3v) is 3.93. The first kappa shape index (κ1) is 19.2. The van der Waals surface area contributed by atoms with E-state index in [0.29, 0.717) is 0 Å². The molecule has 0 amide bonds. The summed E-state index contributed by atoms with van der Waals surface area (Å²) in [6.45, 7) is 1.51. The largest absolute Gasteiger partial charge is 0.760 e. The van der Waals surface area contributed by atoms with Gasteiger partial charge in [-0.25, -0.2) is 23.1 Å². The number of hydrogen-bond acceptors (Lipinski definition) is 9. The molecule has 14 heteroatoms. The zero-order chi connectivity index (χ0) is 19.6. The number of benzene rings is 1. The number of halogens is 2. The molecule has 2 atom stereocenters. The number of hydrogen-bond donors (Lipinski definition) is 1. The molecule has 2 unspecified atom stereocenters. The predicted molar refractivity (Wildman–Crippen MR) is 87.4 cm³/mol. The van der Waals surface area contributed by atoms with E-state index in [4.69, 9.17) is 16.3 Å². The zero-order valence-corrected chi connectivity index (χ0v) is 15.0. The van der Waals surface area contributed by atoms with E-state index in [0.717, 1.165) is 10.6 Å². The lowest BCUT2D eigenvalue weighted by molar-refractivity contribution is 0.197. The van der Waals surface area contributed by atoms with E-state index in [1.165, 1.54) is 12.1 Å². The molecular formula is C13H10ClFN5O6S-. The number of aromatic nitrogens is 4. The molecule has 2 heterocycles. The minimum Gasteiger partial charge on any atom is -0.760 e. The van der Waals surface area contributed by atoms with Crippen LogP contribution in [0.5, 0.6) is 5.88 Å². The van der Waals surface area contributed by atoms with E-state index in [2.05, 4.69) is 29.3 Å². The third kappa shape index (κ3) is 4.21. The summed E-state index contributed by atoms with van der Waals surface area (Å²) >= 11 is 3.29. The van der Waals surface area contributed by atoms with Crippen LogP contribution in [0, 0.1) is 5.82 Å². The van der Waals surface area contributed by atoms with Gasteiger partial charge in [0.1, 0.15) is 11.9 Å². The first-order chi connectivity index (χ1) is 12.9. The van der Waals surface area contributed by atoms with Crippen molar-refractivity contribution in [3.63, 3.8) is 0 Å². The standard InChI is InChI=1S/C13H11ClFN5O6S/c1-6(5-16-27(22)23)24-12-10(17-26-19-12)11-18-25-13(21)20(11)7-2-3-9(15)8(14)4-7/h2-4,6,16H,5H2,1H3,(H,22,23)/p-1. The van der Waals surface area contributed by atoms with Crippen molar-refractivity contribution < 1.29 is 27.0 Å². The molecule has 0 aliphatic rings. The van der Waals surface area contributed by atoms with Crippen molar-refractivity contribution in [1.29, 1.82) is 0 Å². The average molecular weight is 419 g/mol. The number of ether oxygens (including phenoxy) is 1. The summed E-state index contributed by atoms with van der Waals surface area (Å²) in [6, 6.07) is 3.55. The molecule has 3 rings (SSSR count). The van der Waals surface area contributed by atoms with Crippen molar-refractivity contribution in [3.05, 3.63) is 39.6 Å². The summed E-state index contributed by atoms with van der Waals surface area (Å²) < 4.78 is 52.3. The van der Waals surface area contributed by atoms with Crippen LogP contribution < -0.4 is 15.2 Å². The van der Waals surface area contributed by atoms with Crippen LogP contribution in [-0.2, 0) is 11.3 Å². The second kappa shape index (κ2) is 7.96. The molecule has 144 valence electrons. The molecule has 0 saturated heterocycles. The van der Waals surface area contributed by atoms with Crippen molar-refractivity contribution in [1.82, 2.24) is 24.8 Å². The second-order valence-corrected chi connectivity index (χ2v) is 6.30. The van der Waals surface area contributed by atoms with Gasteiger partial charge in [0.15, 0.2) is 0 Å². The van der Waals surface area contributed by atoms with Crippen LogP contribution in [0.2, 0.25) is 5.02 Å². The predicted octanol–water partition coefficient (Wildman–Crippen LogP) is 0.819. The maximum Gasteiger partial charge on any atom is 0.446 e. The molecule has 27 heavy (non-hydrogen) atoms. The summed E-state index contributed by atoms with van der Waals surface area (Å²) in [7, 11) is 0. The minimum atomic E-state index is -2.46. The van der Waals surface area contributed by atoms with E-state index in [1.807, 2.05) is 0 Å². The SMILES string of the molecule is CC(CNS(=O)[O-])Oc1nonc1-c1noc(=O)n1-c1ccc(F)c(Cl)c1. The fourth-order valence-corrected chi connectivity index (χ4v) is 2.61. The number of nitrogens with one attached hydrogen (secondary N) is 1. The van der Waals surface area contributed by atoms with E-state index < -0.39 is 28.9 Å². The van der Waals surface area contributed by atoms with Gasteiger partial charge in [-0.3, -0.25) is 8.73 Å². The van der Waals surface area contributed by atoms with Crippen LogP contribution in [-0.4, -0.2) is 41.4 Å². The Labute approximate surface area is 157 Å². The fourth-order valence-electron chi connectivity index (χ4n) is 2.06. The van der Waals surface area contributed by atoms with Gasteiger partial charge in [0.25, 0.3) is 5.88 Å². The lowest BCUT2D eigenvalue weighted by Gasteiger charge is -2.14. The Morgan fingerprint density at radius 2 is 2.22 bits per heavy atom. The molecule has 0 aliphatic heterocycles. The summed E-state index contributed by atoms with van der Waals surface area (Å²) in [5.41, 5.74) is 0.0736. The molecule has 0 saturated carbocycles. The maximum absolute atomic E-state index is 13.4. The Bertz CT molecular complexity index is 1040. The zero-order valence-electron chi connectivity index (χ0n) is 13.4. The van der Waals surface area contributed by atoms with Crippen molar-refractivity contribution in [2.24, 2.45) is 0 Å². The molecule has 1 aromatic carbocycles. The van der Waals surface area contributed by atoms with Gasteiger partial charge in [-0.1, -0.05) is 16.8 Å². The molecule has 0 bridgehead atoms. The Kier molecular flexibility index (Phi) is 5.65. The van der Waals surface area contributed by atoms with Crippen LogP contribution in [0.3, 0.4) is 0 Å². The molecule has 0 aliphatic carbocycles. The quantitative estimate of drug-likeness (QED) is 0.550. The van der Waals surface area contributed by atoms with Crippen LogP contribution >= 0.6 is 11.6 Å². The van der Waals surface area contributed by atoms with Gasteiger partial charge in [-0.2, -0.15) is 0 Å². The average Bonchev–Trinajstić information content (AvgIpc) is 3.21. The number of rotatable bonds is 7. The highest BCUT2D eigenvalue weighted by Gasteiger charge is 2.25. The van der Waals surface area contributed by atoms with Gasteiger partial charge in [-0.05, 0) is 35.4 Å². The van der Waals surface area contributed by atoms with Crippen molar-refractivity contribution in [2.45, 2.75) is 13.0 Å². The Morgan fingerprint density at radius 3 is 2.93 bits per heavy atom. The normalized spacial score (nSPS) is 13.5. The molecular weight excluding hydrogens is 409 g/mol. The highest BCUT2D eigenvalue weighted by atomic mass is 35.5. The fraction of sp³-hybridized carbons (Fsp3) is 0.231. The van der Waals surface area contributed by atoms with Gasteiger partial charge < -0.3 is 9.29 Å². The number of nitrogens with zero attached hydrogens (tertiary/aromatic N) is 4. The molecule has 3 aromatic rings. The third-order valence-electron chi connectivity index (χ3n) is 3.24.